The van der Waals surface area contributed by atoms with E-state index in [-0.39, 0.29) is 42.7 Å². The molecule has 0 heterocycles. The highest BCUT2D eigenvalue weighted by molar-refractivity contribution is 14.0. The normalized spacial score (nSPS) is 13.7. The van der Waals surface area contributed by atoms with Crippen LogP contribution in [0, 0.1) is 17.8 Å². The highest BCUT2D eigenvalue weighted by atomic mass is 127. The lowest BCUT2D eigenvalue weighted by molar-refractivity contribution is 0.146. The standard InChI is InChI=1S/C20H42N4O3.HI/c1-7-21-19(22-13-17(9-10-25)11-15(3)4)23-14-18(12-16(5)6)24-20(26)27-8-2;/h15-18,25H,7-14H2,1-6H3,(H,24,26)(H2,21,22,23);1H. The summed E-state index contributed by atoms with van der Waals surface area (Å²) in [5.41, 5.74) is 0. The summed E-state index contributed by atoms with van der Waals surface area (Å²) in [5.74, 6) is 2.15. The predicted octanol–water partition coefficient (Wildman–Crippen LogP) is 3.37. The van der Waals surface area contributed by atoms with Gasteiger partial charge in [-0.15, -0.1) is 24.0 Å². The van der Waals surface area contributed by atoms with Crippen LogP contribution in [0.4, 0.5) is 4.79 Å². The van der Waals surface area contributed by atoms with Crippen molar-refractivity contribution >= 4 is 36.0 Å². The summed E-state index contributed by atoms with van der Waals surface area (Å²) in [4.78, 5) is 16.5. The SMILES string of the molecule is CCNC(=NCC(CCO)CC(C)C)NCC(CC(C)C)NC(=O)OCC.I. The molecule has 0 aromatic carbocycles. The van der Waals surface area contributed by atoms with E-state index in [0.29, 0.717) is 37.5 Å². The third kappa shape index (κ3) is 16.2. The smallest absolute Gasteiger partial charge is 0.407 e. The van der Waals surface area contributed by atoms with Gasteiger partial charge in [0, 0.05) is 32.3 Å². The van der Waals surface area contributed by atoms with Gasteiger partial charge >= 0.3 is 6.09 Å². The Balaban J connectivity index is 0. The molecule has 0 aromatic heterocycles. The van der Waals surface area contributed by atoms with Crippen molar-refractivity contribution < 1.29 is 14.6 Å². The number of guanidine groups is 1. The molecule has 8 heteroatoms. The minimum absolute atomic E-state index is 0. The molecule has 0 aliphatic heterocycles. The molecule has 0 rings (SSSR count). The maximum atomic E-state index is 11.8. The first-order chi connectivity index (χ1) is 12.8. The van der Waals surface area contributed by atoms with Crippen LogP contribution in [0.1, 0.15) is 60.8 Å². The summed E-state index contributed by atoms with van der Waals surface area (Å²) in [6, 6.07) is -0.0307. The molecule has 1 amide bonds. The molecule has 0 aliphatic rings. The number of carbonyl (C=O) groups excluding carboxylic acids is 1. The van der Waals surface area contributed by atoms with Crippen molar-refractivity contribution in [2.45, 2.75) is 66.8 Å². The van der Waals surface area contributed by atoms with Crippen molar-refractivity contribution in [1.29, 1.82) is 0 Å². The molecule has 168 valence electrons. The fourth-order valence-corrected chi connectivity index (χ4v) is 3.02. The summed E-state index contributed by atoms with van der Waals surface area (Å²) >= 11 is 0. The number of nitrogens with zero attached hydrogens (tertiary/aromatic N) is 1. The molecule has 0 fully saturated rings. The lowest BCUT2D eigenvalue weighted by Gasteiger charge is -2.22. The van der Waals surface area contributed by atoms with Crippen LogP contribution in [0.2, 0.25) is 0 Å². The van der Waals surface area contributed by atoms with Crippen molar-refractivity contribution in [3.8, 4) is 0 Å². The third-order valence-electron chi connectivity index (χ3n) is 4.06. The first-order valence-electron chi connectivity index (χ1n) is 10.4. The molecule has 0 radical (unpaired) electrons. The van der Waals surface area contributed by atoms with E-state index < -0.39 is 0 Å². The maximum absolute atomic E-state index is 11.8. The number of halogens is 1. The van der Waals surface area contributed by atoms with Gasteiger partial charge in [0.05, 0.1) is 6.61 Å². The lowest BCUT2D eigenvalue weighted by Crippen LogP contribution is -2.47. The number of hydrogen-bond acceptors (Lipinski definition) is 4. The van der Waals surface area contributed by atoms with Crippen LogP contribution in [0.25, 0.3) is 0 Å². The quantitative estimate of drug-likeness (QED) is 0.172. The molecule has 0 aliphatic carbocycles. The number of rotatable bonds is 13. The van der Waals surface area contributed by atoms with Crippen molar-refractivity contribution in [3.63, 3.8) is 0 Å². The van der Waals surface area contributed by atoms with Crippen molar-refractivity contribution in [3.05, 3.63) is 0 Å². The van der Waals surface area contributed by atoms with Crippen LogP contribution >= 0.6 is 24.0 Å². The zero-order chi connectivity index (χ0) is 20.7. The number of alkyl carbamates (subject to hydrolysis) is 1. The number of aliphatic imine (C=N–C) groups is 1. The van der Waals surface area contributed by atoms with Crippen LogP contribution < -0.4 is 16.0 Å². The second-order valence-electron chi connectivity index (χ2n) is 7.80. The van der Waals surface area contributed by atoms with Crippen LogP contribution in [0.5, 0.6) is 0 Å². The molecule has 0 aromatic rings. The number of aliphatic hydroxyl groups excluding tert-OH is 1. The molecule has 4 N–H and O–H groups in total. The maximum Gasteiger partial charge on any atom is 0.407 e. The Hall–Kier alpha value is -0.770. The first-order valence-corrected chi connectivity index (χ1v) is 10.4. The fourth-order valence-electron chi connectivity index (χ4n) is 3.02. The Labute approximate surface area is 188 Å². The lowest BCUT2D eigenvalue weighted by atomic mass is 9.94. The van der Waals surface area contributed by atoms with Crippen LogP contribution in [-0.4, -0.2) is 56.0 Å². The van der Waals surface area contributed by atoms with Gasteiger partial charge in [-0.3, -0.25) is 4.99 Å². The second-order valence-corrected chi connectivity index (χ2v) is 7.80. The molecule has 7 nitrogen and oxygen atoms in total. The predicted molar refractivity (Wildman–Crippen MR) is 127 cm³/mol. The van der Waals surface area contributed by atoms with Crippen LogP contribution in [0.3, 0.4) is 0 Å². The van der Waals surface area contributed by atoms with Gasteiger partial charge in [-0.1, -0.05) is 27.7 Å². The van der Waals surface area contributed by atoms with E-state index in [4.69, 9.17) is 9.73 Å². The van der Waals surface area contributed by atoms with E-state index in [2.05, 4.69) is 43.6 Å². The van der Waals surface area contributed by atoms with E-state index in [1.54, 1.807) is 6.92 Å². The van der Waals surface area contributed by atoms with Crippen molar-refractivity contribution in [2.24, 2.45) is 22.7 Å². The van der Waals surface area contributed by atoms with E-state index in [1.807, 2.05) is 6.92 Å². The van der Waals surface area contributed by atoms with Gasteiger partial charge < -0.3 is 25.8 Å². The zero-order valence-electron chi connectivity index (χ0n) is 18.6. The van der Waals surface area contributed by atoms with Gasteiger partial charge in [0.25, 0.3) is 0 Å². The number of amides is 1. The first kappa shape index (κ1) is 29.4. The Morgan fingerprint density at radius 1 is 1.07 bits per heavy atom. The summed E-state index contributed by atoms with van der Waals surface area (Å²) in [6.07, 6.45) is 2.28. The largest absolute Gasteiger partial charge is 0.450 e. The van der Waals surface area contributed by atoms with Crippen LogP contribution in [-0.2, 0) is 4.74 Å². The monoisotopic (exact) mass is 514 g/mol. The Kier molecular flexibility index (Phi) is 19.2. The Morgan fingerprint density at radius 2 is 1.71 bits per heavy atom. The van der Waals surface area contributed by atoms with Gasteiger partial charge in [0.2, 0.25) is 0 Å². The average Bonchev–Trinajstić information content (AvgIpc) is 2.56. The topological polar surface area (TPSA) is 95.0 Å². The van der Waals surface area contributed by atoms with Gasteiger partial charge in [0.15, 0.2) is 5.96 Å². The van der Waals surface area contributed by atoms with Gasteiger partial charge in [-0.25, -0.2) is 4.79 Å². The van der Waals surface area contributed by atoms with E-state index in [0.717, 1.165) is 31.8 Å². The number of ether oxygens (including phenoxy) is 1. The Bertz CT molecular complexity index is 420. The van der Waals surface area contributed by atoms with Gasteiger partial charge in [-0.2, -0.15) is 0 Å². The molecule has 0 saturated heterocycles. The summed E-state index contributed by atoms with van der Waals surface area (Å²) in [6.45, 7) is 15.0. The molecule has 0 spiro atoms. The molecular weight excluding hydrogens is 471 g/mol. The molecule has 0 saturated carbocycles. The number of aliphatic hydroxyl groups is 1. The van der Waals surface area contributed by atoms with E-state index >= 15 is 0 Å². The fraction of sp³-hybridized carbons (Fsp3) is 0.900. The molecule has 0 bridgehead atoms. The molecular formula is C20H43IN4O3. The van der Waals surface area contributed by atoms with E-state index in [9.17, 15) is 9.90 Å². The highest BCUT2D eigenvalue weighted by Gasteiger charge is 2.16. The second kappa shape index (κ2) is 18.3. The van der Waals surface area contributed by atoms with Crippen molar-refractivity contribution in [2.75, 3.05) is 32.8 Å². The minimum Gasteiger partial charge on any atom is -0.450 e. The highest BCUT2D eigenvalue weighted by Crippen LogP contribution is 2.15. The third-order valence-corrected chi connectivity index (χ3v) is 4.06. The van der Waals surface area contributed by atoms with E-state index in [1.165, 1.54) is 0 Å². The minimum atomic E-state index is -0.383. The Morgan fingerprint density at radius 3 is 2.21 bits per heavy atom. The van der Waals surface area contributed by atoms with Gasteiger partial charge in [0.1, 0.15) is 0 Å². The summed E-state index contributed by atoms with van der Waals surface area (Å²) < 4.78 is 5.00. The summed E-state index contributed by atoms with van der Waals surface area (Å²) in [7, 11) is 0. The summed E-state index contributed by atoms with van der Waals surface area (Å²) in [5, 5.41) is 18.8. The molecule has 2 atom stereocenters. The van der Waals surface area contributed by atoms with Crippen LogP contribution in [0.15, 0.2) is 4.99 Å². The van der Waals surface area contributed by atoms with Crippen molar-refractivity contribution in [1.82, 2.24) is 16.0 Å². The molecule has 2 unspecified atom stereocenters. The number of nitrogens with one attached hydrogen (secondary N) is 3. The number of hydrogen-bond donors (Lipinski definition) is 4. The average molecular weight is 514 g/mol. The number of carbonyl (C=O) groups is 1. The van der Waals surface area contributed by atoms with Gasteiger partial charge in [-0.05, 0) is 50.9 Å². The zero-order valence-corrected chi connectivity index (χ0v) is 20.9. The molecule has 28 heavy (non-hydrogen) atoms.